The van der Waals surface area contributed by atoms with Gasteiger partial charge in [-0.15, -0.1) is 0 Å². The molecule has 0 radical (unpaired) electrons. The van der Waals surface area contributed by atoms with E-state index in [9.17, 15) is 4.79 Å². The molecule has 0 aliphatic rings. The van der Waals surface area contributed by atoms with Crippen molar-refractivity contribution in [3.8, 4) is 0 Å². The van der Waals surface area contributed by atoms with Crippen molar-refractivity contribution in [3.63, 3.8) is 0 Å². The second-order valence-electron chi connectivity index (χ2n) is 3.93. The number of Topliss-reactive ketones (excluding diaryl/α,β-unsaturated/α-hetero) is 1. The lowest BCUT2D eigenvalue weighted by atomic mass is 10.2. The highest BCUT2D eigenvalue weighted by Gasteiger charge is 2.11. The van der Waals surface area contributed by atoms with Gasteiger partial charge in [-0.25, -0.2) is 0 Å². The molecule has 16 heavy (non-hydrogen) atoms. The Balaban J connectivity index is 2.48. The van der Waals surface area contributed by atoms with Gasteiger partial charge in [0.1, 0.15) is 0 Å². The standard InChI is InChI=1S/C12H20N2O2/c1-3-14(6-4-8-15)10-12(16)11-5-7-13(2)9-11/h5,7,9,15H,3-4,6,8,10H2,1-2H3. The highest BCUT2D eigenvalue weighted by molar-refractivity contribution is 5.97. The minimum atomic E-state index is 0.139. The van der Waals surface area contributed by atoms with E-state index in [4.69, 9.17) is 5.11 Å². The molecule has 0 amide bonds. The molecule has 0 fully saturated rings. The molecular formula is C12H20N2O2. The number of aliphatic hydroxyl groups is 1. The molecule has 0 saturated heterocycles. The van der Waals surface area contributed by atoms with E-state index in [2.05, 4.69) is 0 Å². The summed E-state index contributed by atoms with van der Waals surface area (Å²) >= 11 is 0. The molecular weight excluding hydrogens is 204 g/mol. The van der Waals surface area contributed by atoms with Crippen molar-refractivity contribution in [3.05, 3.63) is 24.0 Å². The fraction of sp³-hybridized carbons (Fsp3) is 0.583. The molecule has 1 heterocycles. The van der Waals surface area contributed by atoms with E-state index in [1.807, 2.05) is 41.9 Å². The molecule has 90 valence electrons. The van der Waals surface area contributed by atoms with Crippen LogP contribution in [0.15, 0.2) is 18.5 Å². The van der Waals surface area contributed by atoms with Crippen LogP contribution >= 0.6 is 0 Å². The van der Waals surface area contributed by atoms with E-state index in [-0.39, 0.29) is 12.4 Å². The van der Waals surface area contributed by atoms with Crippen LogP contribution in [0.2, 0.25) is 0 Å². The molecule has 1 N–H and O–H groups in total. The number of hydrogen-bond acceptors (Lipinski definition) is 3. The second-order valence-corrected chi connectivity index (χ2v) is 3.93. The van der Waals surface area contributed by atoms with Gasteiger partial charge < -0.3 is 9.67 Å². The van der Waals surface area contributed by atoms with Gasteiger partial charge in [0.05, 0.1) is 6.54 Å². The summed E-state index contributed by atoms with van der Waals surface area (Å²) in [6, 6.07) is 1.84. The van der Waals surface area contributed by atoms with Crippen LogP contribution in [0.4, 0.5) is 0 Å². The molecule has 1 aromatic rings. The van der Waals surface area contributed by atoms with Crippen LogP contribution in [0.25, 0.3) is 0 Å². The minimum Gasteiger partial charge on any atom is -0.396 e. The van der Waals surface area contributed by atoms with Crippen LogP contribution in [-0.4, -0.2) is 46.6 Å². The van der Waals surface area contributed by atoms with Gasteiger partial charge in [-0.05, 0) is 19.0 Å². The van der Waals surface area contributed by atoms with Crippen molar-refractivity contribution in [1.29, 1.82) is 0 Å². The summed E-state index contributed by atoms with van der Waals surface area (Å²) in [5.74, 6) is 0.139. The Hall–Kier alpha value is -1.13. The lowest BCUT2D eigenvalue weighted by molar-refractivity contribution is 0.0928. The SMILES string of the molecule is CCN(CCCO)CC(=O)c1ccn(C)c1. The van der Waals surface area contributed by atoms with E-state index in [0.29, 0.717) is 6.54 Å². The number of aliphatic hydroxyl groups excluding tert-OH is 1. The molecule has 0 saturated carbocycles. The smallest absolute Gasteiger partial charge is 0.178 e. The monoisotopic (exact) mass is 224 g/mol. The average Bonchev–Trinajstić information content (AvgIpc) is 2.70. The number of ketones is 1. The predicted molar refractivity (Wildman–Crippen MR) is 63.6 cm³/mol. The maximum atomic E-state index is 11.9. The fourth-order valence-corrected chi connectivity index (χ4v) is 1.61. The van der Waals surface area contributed by atoms with Gasteiger partial charge in [-0.3, -0.25) is 9.69 Å². The van der Waals surface area contributed by atoms with Crippen LogP contribution in [0.5, 0.6) is 0 Å². The summed E-state index contributed by atoms with van der Waals surface area (Å²) in [6.07, 6.45) is 4.43. The van der Waals surface area contributed by atoms with Crippen LogP contribution in [0.1, 0.15) is 23.7 Å². The summed E-state index contributed by atoms with van der Waals surface area (Å²) in [7, 11) is 1.90. The number of rotatable bonds is 7. The summed E-state index contributed by atoms with van der Waals surface area (Å²) < 4.78 is 1.87. The predicted octanol–water partition coefficient (Wildman–Crippen LogP) is 0.912. The Labute approximate surface area is 96.5 Å². The number of likely N-dealkylation sites (N-methyl/N-ethyl adjacent to an activating group) is 1. The lowest BCUT2D eigenvalue weighted by Gasteiger charge is -2.18. The zero-order valence-corrected chi connectivity index (χ0v) is 10.0. The molecule has 0 atom stereocenters. The molecule has 0 unspecified atom stereocenters. The summed E-state index contributed by atoms with van der Waals surface area (Å²) in [5, 5.41) is 8.75. The third-order valence-corrected chi connectivity index (χ3v) is 2.60. The Morgan fingerprint density at radius 3 is 2.81 bits per heavy atom. The summed E-state index contributed by atoms with van der Waals surface area (Å²) in [5.41, 5.74) is 0.755. The molecule has 1 aromatic heterocycles. The quantitative estimate of drug-likeness (QED) is 0.700. The number of nitrogens with zero attached hydrogens (tertiary/aromatic N) is 2. The van der Waals surface area contributed by atoms with Crippen molar-refractivity contribution in [1.82, 2.24) is 9.47 Å². The number of carbonyl (C=O) groups is 1. The van der Waals surface area contributed by atoms with Crippen LogP contribution in [0.3, 0.4) is 0 Å². The summed E-state index contributed by atoms with van der Waals surface area (Å²) in [4.78, 5) is 13.9. The fourth-order valence-electron chi connectivity index (χ4n) is 1.61. The highest BCUT2D eigenvalue weighted by Crippen LogP contribution is 2.03. The van der Waals surface area contributed by atoms with Crippen molar-refractivity contribution in [2.24, 2.45) is 7.05 Å². The van der Waals surface area contributed by atoms with Gasteiger partial charge in [0, 0.05) is 38.2 Å². The van der Waals surface area contributed by atoms with Gasteiger partial charge in [0.25, 0.3) is 0 Å². The Morgan fingerprint density at radius 2 is 2.31 bits per heavy atom. The molecule has 0 bridgehead atoms. The Bertz CT molecular complexity index is 334. The molecule has 0 aliphatic heterocycles. The van der Waals surface area contributed by atoms with Crippen LogP contribution in [-0.2, 0) is 7.05 Å². The van der Waals surface area contributed by atoms with E-state index in [1.54, 1.807) is 0 Å². The molecule has 4 heteroatoms. The summed E-state index contributed by atoms with van der Waals surface area (Å²) in [6.45, 7) is 4.23. The zero-order valence-electron chi connectivity index (χ0n) is 10.0. The lowest BCUT2D eigenvalue weighted by Crippen LogP contribution is -2.31. The molecule has 0 aliphatic carbocycles. The number of aryl methyl sites for hydroxylation is 1. The largest absolute Gasteiger partial charge is 0.396 e. The highest BCUT2D eigenvalue weighted by atomic mass is 16.3. The minimum absolute atomic E-state index is 0.139. The van der Waals surface area contributed by atoms with Crippen molar-refractivity contribution >= 4 is 5.78 Å². The van der Waals surface area contributed by atoms with Crippen molar-refractivity contribution in [2.75, 3.05) is 26.2 Å². The normalized spacial score (nSPS) is 11.0. The third kappa shape index (κ3) is 3.79. The number of aromatic nitrogens is 1. The third-order valence-electron chi connectivity index (χ3n) is 2.60. The first-order valence-electron chi connectivity index (χ1n) is 5.65. The van der Waals surface area contributed by atoms with Crippen molar-refractivity contribution < 1.29 is 9.90 Å². The van der Waals surface area contributed by atoms with Crippen molar-refractivity contribution in [2.45, 2.75) is 13.3 Å². The molecule has 4 nitrogen and oxygen atoms in total. The van der Waals surface area contributed by atoms with E-state index >= 15 is 0 Å². The van der Waals surface area contributed by atoms with Gasteiger partial charge in [0.2, 0.25) is 0 Å². The van der Waals surface area contributed by atoms with Gasteiger partial charge >= 0.3 is 0 Å². The zero-order chi connectivity index (χ0) is 12.0. The Kier molecular flexibility index (Phi) is 5.22. The van der Waals surface area contributed by atoms with Gasteiger partial charge in [-0.1, -0.05) is 6.92 Å². The molecule has 0 aromatic carbocycles. The van der Waals surface area contributed by atoms with E-state index < -0.39 is 0 Å². The molecule has 0 spiro atoms. The van der Waals surface area contributed by atoms with Crippen LogP contribution in [0, 0.1) is 0 Å². The van der Waals surface area contributed by atoms with E-state index in [0.717, 1.165) is 25.1 Å². The van der Waals surface area contributed by atoms with Gasteiger partial charge in [0.15, 0.2) is 5.78 Å². The first-order chi connectivity index (χ1) is 7.67. The van der Waals surface area contributed by atoms with Gasteiger partial charge in [-0.2, -0.15) is 0 Å². The maximum absolute atomic E-state index is 11.9. The first-order valence-corrected chi connectivity index (χ1v) is 5.65. The topological polar surface area (TPSA) is 45.5 Å². The first kappa shape index (κ1) is 12.9. The van der Waals surface area contributed by atoms with Crippen LogP contribution < -0.4 is 0 Å². The molecule has 1 rings (SSSR count). The second kappa shape index (κ2) is 6.45. The van der Waals surface area contributed by atoms with E-state index in [1.165, 1.54) is 0 Å². The average molecular weight is 224 g/mol. The maximum Gasteiger partial charge on any atom is 0.178 e. The number of carbonyl (C=O) groups excluding carboxylic acids is 1. The number of hydrogen-bond donors (Lipinski definition) is 1. The Morgan fingerprint density at radius 1 is 1.56 bits per heavy atom.